The highest BCUT2D eigenvalue weighted by molar-refractivity contribution is 9.10. The van der Waals surface area contributed by atoms with Gasteiger partial charge >= 0.3 is 0 Å². The number of carbonyl (C=O) groups is 1. The van der Waals surface area contributed by atoms with Crippen molar-refractivity contribution in [2.45, 2.75) is 12.8 Å². The Morgan fingerprint density at radius 2 is 2.29 bits per heavy atom. The summed E-state index contributed by atoms with van der Waals surface area (Å²) in [4.78, 5) is 11.8. The van der Waals surface area contributed by atoms with Gasteiger partial charge in [0.1, 0.15) is 0 Å². The fourth-order valence-electron chi connectivity index (χ4n) is 2.04. The van der Waals surface area contributed by atoms with Crippen LogP contribution in [0.2, 0.25) is 0 Å². The summed E-state index contributed by atoms with van der Waals surface area (Å²) in [6.45, 7) is 2.49. The number of nitrogens with one attached hydrogen (secondary N) is 2. The molecule has 17 heavy (non-hydrogen) atoms. The quantitative estimate of drug-likeness (QED) is 0.888. The third-order valence-electron chi connectivity index (χ3n) is 3.08. The summed E-state index contributed by atoms with van der Waals surface area (Å²) in [6.07, 6.45) is 1.83. The molecule has 4 heteroatoms. The molecule has 0 aliphatic carbocycles. The molecule has 92 valence electrons. The van der Waals surface area contributed by atoms with E-state index in [0.717, 1.165) is 30.4 Å². The molecule has 1 amide bonds. The maximum Gasteiger partial charge on any atom is 0.224 e. The van der Waals surface area contributed by atoms with Crippen molar-refractivity contribution in [3.63, 3.8) is 0 Å². The molecule has 1 aromatic rings. The maximum absolute atomic E-state index is 11.8. The fraction of sp³-hybridized carbons (Fsp3) is 0.462. The number of hydrogen-bond acceptors (Lipinski definition) is 2. The molecule has 0 radical (unpaired) electrons. The summed E-state index contributed by atoms with van der Waals surface area (Å²) in [7, 11) is 0. The van der Waals surface area contributed by atoms with Crippen LogP contribution in [0.1, 0.15) is 12.0 Å². The molecule has 2 N–H and O–H groups in total. The van der Waals surface area contributed by atoms with Gasteiger partial charge in [0.05, 0.1) is 5.92 Å². The van der Waals surface area contributed by atoms with Gasteiger partial charge in [0.25, 0.3) is 0 Å². The molecule has 1 unspecified atom stereocenters. The number of hydrogen-bond donors (Lipinski definition) is 2. The summed E-state index contributed by atoms with van der Waals surface area (Å²) >= 11 is 3.51. The average molecular weight is 297 g/mol. The first-order valence-corrected chi connectivity index (χ1v) is 6.78. The van der Waals surface area contributed by atoms with E-state index in [1.165, 1.54) is 5.56 Å². The van der Waals surface area contributed by atoms with Crippen molar-refractivity contribution in [1.82, 2.24) is 10.6 Å². The second kappa shape index (κ2) is 6.17. The minimum atomic E-state index is 0.161. The van der Waals surface area contributed by atoms with E-state index in [1.54, 1.807) is 0 Å². The second-order valence-corrected chi connectivity index (χ2v) is 5.18. The van der Waals surface area contributed by atoms with E-state index in [9.17, 15) is 4.79 Å². The smallest absolute Gasteiger partial charge is 0.224 e. The van der Waals surface area contributed by atoms with Gasteiger partial charge < -0.3 is 10.6 Å². The Morgan fingerprint density at radius 1 is 1.47 bits per heavy atom. The molecule has 1 aliphatic heterocycles. The van der Waals surface area contributed by atoms with Gasteiger partial charge in [-0.2, -0.15) is 0 Å². The monoisotopic (exact) mass is 296 g/mol. The second-order valence-electron chi connectivity index (χ2n) is 4.32. The fourth-order valence-corrected chi connectivity index (χ4v) is 2.53. The molecule has 1 aromatic carbocycles. The molecule has 0 saturated carbocycles. The first kappa shape index (κ1) is 12.6. The summed E-state index contributed by atoms with van der Waals surface area (Å²) in [5, 5.41) is 6.20. The van der Waals surface area contributed by atoms with Crippen LogP contribution in [0, 0.1) is 5.92 Å². The van der Waals surface area contributed by atoms with Gasteiger partial charge in [-0.25, -0.2) is 0 Å². The van der Waals surface area contributed by atoms with Crippen LogP contribution in [0.5, 0.6) is 0 Å². The first-order chi connectivity index (χ1) is 8.27. The zero-order chi connectivity index (χ0) is 12.1. The van der Waals surface area contributed by atoms with Gasteiger partial charge in [0, 0.05) is 17.6 Å². The van der Waals surface area contributed by atoms with Crippen LogP contribution in [-0.2, 0) is 11.2 Å². The third kappa shape index (κ3) is 3.54. The van der Waals surface area contributed by atoms with Crippen LogP contribution in [0.25, 0.3) is 0 Å². The molecule has 1 fully saturated rings. The SMILES string of the molecule is O=C(NCCc1ccccc1Br)C1CCNC1. The first-order valence-electron chi connectivity index (χ1n) is 5.99. The van der Waals surface area contributed by atoms with E-state index >= 15 is 0 Å². The third-order valence-corrected chi connectivity index (χ3v) is 3.86. The Bertz CT molecular complexity index is 389. The number of carbonyl (C=O) groups excluding carboxylic acids is 1. The normalized spacial score (nSPS) is 19.2. The summed E-state index contributed by atoms with van der Waals surface area (Å²) < 4.78 is 1.11. The molecule has 1 atom stereocenters. The van der Waals surface area contributed by atoms with Crippen molar-refractivity contribution < 1.29 is 4.79 Å². The van der Waals surface area contributed by atoms with Gasteiger partial charge in [-0.3, -0.25) is 4.79 Å². The van der Waals surface area contributed by atoms with Crippen LogP contribution in [0.15, 0.2) is 28.7 Å². The van der Waals surface area contributed by atoms with Crippen LogP contribution in [0.3, 0.4) is 0 Å². The van der Waals surface area contributed by atoms with E-state index in [2.05, 4.69) is 32.6 Å². The van der Waals surface area contributed by atoms with Crippen molar-refractivity contribution in [1.29, 1.82) is 0 Å². The van der Waals surface area contributed by atoms with Crippen LogP contribution >= 0.6 is 15.9 Å². The van der Waals surface area contributed by atoms with Crippen LogP contribution < -0.4 is 10.6 Å². The molecule has 0 aromatic heterocycles. The largest absolute Gasteiger partial charge is 0.355 e. The summed E-state index contributed by atoms with van der Waals surface area (Å²) in [6, 6.07) is 8.12. The number of halogens is 1. The van der Waals surface area contributed by atoms with Gasteiger partial charge in [-0.15, -0.1) is 0 Å². The Balaban J connectivity index is 1.76. The van der Waals surface area contributed by atoms with E-state index in [0.29, 0.717) is 6.54 Å². The highest BCUT2D eigenvalue weighted by atomic mass is 79.9. The van der Waals surface area contributed by atoms with Crippen molar-refractivity contribution in [3.8, 4) is 0 Å². The van der Waals surface area contributed by atoms with Gasteiger partial charge in [0.15, 0.2) is 0 Å². The lowest BCUT2D eigenvalue weighted by Crippen LogP contribution is -2.33. The van der Waals surface area contributed by atoms with Gasteiger partial charge in [-0.05, 0) is 31.0 Å². The molecule has 0 spiro atoms. The van der Waals surface area contributed by atoms with E-state index in [4.69, 9.17) is 0 Å². The average Bonchev–Trinajstić information content (AvgIpc) is 2.85. The van der Waals surface area contributed by atoms with Crippen molar-refractivity contribution >= 4 is 21.8 Å². The van der Waals surface area contributed by atoms with E-state index in [-0.39, 0.29) is 11.8 Å². The lowest BCUT2D eigenvalue weighted by molar-refractivity contribution is -0.124. The molecule has 0 bridgehead atoms. The Kier molecular flexibility index (Phi) is 4.57. The van der Waals surface area contributed by atoms with Crippen molar-refractivity contribution in [2.75, 3.05) is 19.6 Å². The predicted octanol–water partition coefficient (Wildman–Crippen LogP) is 1.72. The number of rotatable bonds is 4. The minimum Gasteiger partial charge on any atom is -0.355 e. The molecular formula is C13H17BrN2O. The van der Waals surface area contributed by atoms with Crippen molar-refractivity contribution in [2.24, 2.45) is 5.92 Å². The maximum atomic E-state index is 11.8. The standard InChI is InChI=1S/C13H17BrN2O/c14-12-4-2-1-3-10(12)6-8-16-13(17)11-5-7-15-9-11/h1-4,11,15H,5-9H2,(H,16,17). The van der Waals surface area contributed by atoms with Crippen molar-refractivity contribution in [3.05, 3.63) is 34.3 Å². The van der Waals surface area contributed by atoms with E-state index < -0.39 is 0 Å². The zero-order valence-electron chi connectivity index (χ0n) is 9.71. The van der Waals surface area contributed by atoms with Crippen LogP contribution in [-0.4, -0.2) is 25.5 Å². The molecule has 1 aliphatic rings. The zero-order valence-corrected chi connectivity index (χ0v) is 11.3. The van der Waals surface area contributed by atoms with Gasteiger partial charge in [-0.1, -0.05) is 34.1 Å². The highest BCUT2D eigenvalue weighted by Gasteiger charge is 2.21. The van der Waals surface area contributed by atoms with Gasteiger partial charge in [0.2, 0.25) is 5.91 Å². The number of benzene rings is 1. The summed E-state index contributed by atoms with van der Waals surface area (Å²) in [5.74, 6) is 0.344. The molecule has 3 nitrogen and oxygen atoms in total. The topological polar surface area (TPSA) is 41.1 Å². The van der Waals surface area contributed by atoms with E-state index in [1.807, 2.05) is 18.2 Å². The predicted molar refractivity (Wildman–Crippen MR) is 71.8 cm³/mol. The highest BCUT2D eigenvalue weighted by Crippen LogP contribution is 2.16. The lowest BCUT2D eigenvalue weighted by Gasteiger charge is -2.10. The minimum absolute atomic E-state index is 0.161. The molecule has 2 rings (SSSR count). The molecular weight excluding hydrogens is 280 g/mol. The Morgan fingerprint density at radius 3 is 3.00 bits per heavy atom. The van der Waals surface area contributed by atoms with Crippen LogP contribution in [0.4, 0.5) is 0 Å². The number of amides is 1. The molecule has 1 heterocycles. The lowest BCUT2D eigenvalue weighted by atomic mass is 10.1. The Labute approximate surface area is 110 Å². The Hall–Kier alpha value is -0.870. The summed E-state index contributed by atoms with van der Waals surface area (Å²) in [5.41, 5.74) is 1.23. The molecule has 1 saturated heterocycles.